The highest BCUT2D eigenvalue weighted by atomic mass is 16.6. The van der Waals surface area contributed by atoms with E-state index < -0.39 is 18.0 Å². The van der Waals surface area contributed by atoms with Crippen LogP contribution in [-0.4, -0.2) is 41.0 Å². The molecule has 1 aliphatic heterocycles. The molecule has 1 saturated heterocycles. The molecule has 0 radical (unpaired) electrons. The standard InChI is InChI=1S/C20H25N3O4/c1-20(2,3)16-12-17(23(22-16)14-8-5-4-6-9-14)21-18(24)13-27-19(25)15-10-7-11-26-15/h4-6,8-9,12,15H,7,10-11,13H2,1-3H3,(H,21,24). The van der Waals surface area contributed by atoms with Crippen LogP contribution in [0, 0.1) is 0 Å². The van der Waals surface area contributed by atoms with Crippen molar-refractivity contribution in [2.24, 2.45) is 0 Å². The largest absolute Gasteiger partial charge is 0.454 e. The number of carbonyl (C=O) groups is 2. The highest BCUT2D eigenvalue weighted by molar-refractivity contribution is 5.92. The van der Waals surface area contributed by atoms with Crippen molar-refractivity contribution in [3.8, 4) is 5.69 Å². The lowest BCUT2D eigenvalue weighted by molar-refractivity contribution is -0.156. The van der Waals surface area contributed by atoms with Gasteiger partial charge in [0.15, 0.2) is 12.7 Å². The molecule has 1 unspecified atom stereocenters. The summed E-state index contributed by atoms with van der Waals surface area (Å²) >= 11 is 0. The SMILES string of the molecule is CC(C)(C)c1cc(NC(=O)COC(=O)C2CCCO2)n(-c2ccccc2)n1. The lowest BCUT2D eigenvalue weighted by atomic mass is 9.92. The maximum atomic E-state index is 12.3. The summed E-state index contributed by atoms with van der Waals surface area (Å²) in [6.07, 6.45) is 0.911. The van der Waals surface area contributed by atoms with Gasteiger partial charge in [0.05, 0.1) is 11.4 Å². The number of hydrogen-bond acceptors (Lipinski definition) is 5. The predicted molar refractivity (Wildman–Crippen MR) is 101 cm³/mol. The average Bonchev–Trinajstić information content (AvgIpc) is 3.30. The summed E-state index contributed by atoms with van der Waals surface area (Å²) in [6.45, 7) is 6.36. The fraction of sp³-hybridized carbons (Fsp3) is 0.450. The number of amides is 1. The topological polar surface area (TPSA) is 82.5 Å². The van der Waals surface area contributed by atoms with Gasteiger partial charge in [-0.3, -0.25) is 4.79 Å². The van der Waals surface area contributed by atoms with Gasteiger partial charge in [-0.15, -0.1) is 0 Å². The van der Waals surface area contributed by atoms with E-state index in [0.29, 0.717) is 18.8 Å². The van der Waals surface area contributed by atoms with E-state index in [0.717, 1.165) is 17.8 Å². The van der Waals surface area contributed by atoms with Crippen molar-refractivity contribution < 1.29 is 19.1 Å². The molecule has 1 N–H and O–H groups in total. The van der Waals surface area contributed by atoms with E-state index in [9.17, 15) is 9.59 Å². The van der Waals surface area contributed by atoms with Gasteiger partial charge in [0.25, 0.3) is 5.91 Å². The van der Waals surface area contributed by atoms with Gasteiger partial charge in [-0.05, 0) is 25.0 Å². The molecular weight excluding hydrogens is 346 g/mol. The molecule has 1 amide bonds. The third kappa shape index (κ3) is 4.74. The Kier molecular flexibility index (Phi) is 5.60. The zero-order chi connectivity index (χ0) is 19.4. The molecule has 0 aliphatic carbocycles. The van der Waals surface area contributed by atoms with E-state index in [1.165, 1.54) is 0 Å². The monoisotopic (exact) mass is 371 g/mol. The quantitative estimate of drug-likeness (QED) is 0.817. The first-order valence-corrected chi connectivity index (χ1v) is 9.08. The molecule has 1 fully saturated rings. The summed E-state index contributed by atoms with van der Waals surface area (Å²) in [5.74, 6) is -0.377. The van der Waals surface area contributed by atoms with Crippen molar-refractivity contribution >= 4 is 17.7 Å². The van der Waals surface area contributed by atoms with Crippen LogP contribution in [0.2, 0.25) is 0 Å². The second kappa shape index (κ2) is 7.92. The lowest BCUT2D eigenvalue weighted by Gasteiger charge is -2.14. The smallest absolute Gasteiger partial charge is 0.335 e. The van der Waals surface area contributed by atoms with Crippen LogP contribution in [0.3, 0.4) is 0 Å². The summed E-state index contributed by atoms with van der Waals surface area (Å²) in [5.41, 5.74) is 1.50. The number of nitrogens with one attached hydrogen (secondary N) is 1. The van der Waals surface area contributed by atoms with Crippen LogP contribution in [0.1, 0.15) is 39.3 Å². The first kappa shape index (κ1) is 19.1. The molecule has 1 atom stereocenters. The molecule has 3 rings (SSSR count). The number of aromatic nitrogens is 2. The maximum absolute atomic E-state index is 12.3. The number of anilines is 1. The first-order valence-electron chi connectivity index (χ1n) is 9.08. The van der Waals surface area contributed by atoms with Crippen LogP contribution in [-0.2, 0) is 24.5 Å². The number of benzene rings is 1. The van der Waals surface area contributed by atoms with Crippen LogP contribution in [0.15, 0.2) is 36.4 Å². The Morgan fingerprint density at radius 2 is 2.04 bits per heavy atom. The Balaban J connectivity index is 1.72. The minimum atomic E-state index is -0.555. The lowest BCUT2D eigenvalue weighted by Crippen LogP contribution is -2.27. The molecule has 27 heavy (non-hydrogen) atoms. The normalized spacial score (nSPS) is 16.9. The number of carbonyl (C=O) groups excluding carboxylic acids is 2. The van der Waals surface area contributed by atoms with Crippen molar-refractivity contribution in [2.45, 2.75) is 45.1 Å². The Hall–Kier alpha value is -2.67. The van der Waals surface area contributed by atoms with Gasteiger partial charge in [-0.2, -0.15) is 5.10 Å². The van der Waals surface area contributed by atoms with E-state index in [4.69, 9.17) is 9.47 Å². The second-order valence-electron chi connectivity index (χ2n) is 7.57. The van der Waals surface area contributed by atoms with Crippen molar-refractivity contribution in [1.29, 1.82) is 0 Å². The third-order valence-electron chi connectivity index (χ3n) is 4.28. The number of ether oxygens (including phenoxy) is 2. The van der Waals surface area contributed by atoms with Crippen molar-refractivity contribution in [3.05, 3.63) is 42.1 Å². The summed E-state index contributed by atoms with van der Waals surface area (Å²) in [6, 6.07) is 11.4. The Morgan fingerprint density at radius 3 is 2.67 bits per heavy atom. The number of para-hydroxylation sites is 1. The van der Waals surface area contributed by atoms with Crippen LogP contribution in [0.4, 0.5) is 5.82 Å². The molecule has 2 aromatic rings. The maximum Gasteiger partial charge on any atom is 0.335 e. The molecule has 144 valence electrons. The van der Waals surface area contributed by atoms with E-state index in [1.54, 1.807) is 4.68 Å². The van der Waals surface area contributed by atoms with Gasteiger partial charge < -0.3 is 14.8 Å². The van der Waals surface area contributed by atoms with Crippen LogP contribution < -0.4 is 5.32 Å². The van der Waals surface area contributed by atoms with E-state index in [-0.39, 0.29) is 12.0 Å². The average molecular weight is 371 g/mol. The predicted octanol–water partition coefficient (Wildman–Crippen LogP) is 2.83. The minimum Gasteiger partial charge on any atom is -0.454 e. The number of esters is 1. The van der Waals surface area contributed by atoms with Crippen molar-refractivity contribution in [2.75, 3.05) is 18.5 Å². The molecule has 7 nitrogen and oxygen atoms in total. The summed E-state index contributed by atoms with van der Waals surface area (Å²) in [7, 11) is 0. The Bertz CT molecular complexity index is 802. The molecule has 0 saturated carbocycles. The molecule has 2 heterocycles. The zero-order valence-electron chi connectivity index (χ0n) is 15.9. The zero-order valence-corrected chi connectivity index (χ0v) is 15.9. The number of hydrogen-bond donors (Lipinski definition) is 1. The minimum absolute atomic E-state index is 0.175. The molecule has 7 heteroatoms. The fourth-order valence-electron chi connectivity index (χ4n) is 2.77. The van der Waals surface area contributed by atoms with Gasteiger partial charge in [0.2, 0.25) is 0 Å². The number of nitrogens with zero attached hydrogens (tertiary/aromatic N) is 2. The van der Waals surface area contributed by atoms with Crippen LogP contribution >= 0.6 is 0 Å². The van der Waals surface area contributed by atoms with Gasteiger partial charge in [0, 0.05) is 18.1 Å². The van der Waals surface area contributed by atoms with Gasteiger partial charge in [-0.25, -0.2) is 9.48 Å². The van der Waals surface area contributed by atoms with E-state index >= 15 is 0 Å². The number of rotatable bonds is 5. The highest BCUT2D eigenvalue weighted by Crippen LogP contribution is 2.26. The van der Waals surface area contributed by atoms with Crippen LogP contribution in [0.5, 0.6) is 0 Å². The van der Waals surface area contributed by atoms with Crippen LogP contribution in [0.25, 0.3) is 5.69 Å². The third-order valence-corrected chi connectivity index (χ3v) is 4.28. The van der Waals surface area contributed by atoms with Gasteiger partial charge in [-0.1, -0.05) is 39.0 Å². The molecule has 1 aromatic carbocycles. The highest BCUT2D eigenvalue weighted by Gasteiger charge is 2.26. The Labute approximate surface area is 158 Å². The summed E-state index contributed by atoms with van der Waals surface area (Å²) in [5, 5.41) is 7.43. The summed E-state index contributed by atoms with van der Waals surface area (Å²) < 4.78 is 12.0. The second-order valence-corrected chi connectivity index (χ2v) is 7.57. The van der Waals surface area contributed by atoms with Crippen molar-refractivity contribution in [1.82, 2.24) is 9.78 Å². The molecule has 1 aliphatic rings. The molecular formula is C20H25N3O4. The first-order chi connectivity index (χ1) is 12.8. The van der Waals surface area contributed by atoms with E-state index in [1.807, 2.05) is 36.4 Å². The van der Waals surface area contributed by atoms with E-state index in [2.05, 4.69) is 31.2 Å². The fourth-order valence-corrected chi connectivity index (χ4v) is 2.77. The van der Waals surface area contributed by atoms with Crippen molar-refractivity contribution in [3.63, 3.8) is 0 Å². The molecule has 1 aromatic heterocycles. The molecule has 0 bridgehead atoms. The molecule has 0 spiro atoms. The summed E-state index contributed by atoms with van der Waals surface area (Å²) in [4.78, 5) is 24.2. The Morgan fingerprint density at radius 1 is 1.30 bits per heavy atom. The van der Waals surface area contributed by atoms with Gasteiger partial charge in [0.1, 0.15) is 5.82 Å². The van der Waals surface area contributed by atoms with Gasteiger partial charge >= 0.3 is 5.97 Å².